The van der Waals surface area contributed by atoms with Crippen molar-refractivity contribution in [1.82, 2.24) is 9.55 Å². The Morgan fingerprint density at radius 1 is 1.43 bits per heavy atom. The van der Waals surface area contributed by atoms with Crippen LogP contribution < -0.4 is 5.32 Å². The van der Waals surface area contributed by atoms with Crippen LogP contribution in [0.5, 0.6) is 0 Å². The number of hydrogen-bond donors (Lipinski definition) is 1. The van der Waals surface area contributed by atoms with Crippen molar-refractivity contribution in [3.05, 3.63) is 46.4 Å². The van der Waals surface area contributed by atoms with Crippen LogP contribution in [0.4, 0.5) is 5.82 Å². The van der Waals surface area contributed by atoms with Gasteiger partial charge in [-0.15, -0.1) is 0 Å². The van der Waals surface area contributed by atoms with E-state index in [1.165, 1.54) is 0 Å². The molecule has 0 radical (unpaired) electrons. The standard InChI is InChI=1S/C16H16BrN3O3/c1-10-3-4-18-15(7-10)19-16(21)12-8-13-11(9-14(17)23-13)20(12)5-6-22-2/h3-4,7-9H,5-6H2,1-2H3,(H,18,19,21). The third-order valence-corrected chi connectivity index (χ3v) is 3.86. The van der Waals surface area contributed by atoms with E-state index < -0.39 is 0 Å². The van der Waals surface area contributed by atoms with Crippen molar-refractivity contribution in [3.63, 3.8) is 0 Å². The molecule has 0 aliphatic rings. The smallest absolute Gasteiger partial charge is 0.273 e. The van der Waals surface area contributed by atoms with Crippen LogP contribution in [-0.4, -0.2) is 29.2 Å². The van der Waals surface area contributed by atoms with Gasteiger partial charge in [-0.25, -0.2) is 4.98 Å². The number of pyridine rings is 1. The fourth-order valence-corrected chi connectivity index (χ4v) is 2.80. The van der Waals surface area contributed by atoms with Crippen LogP contribution in [0.3, 0.4) is 0 Å². The fraction of sp³-hybridized carbons (Fsp3) is 0.250. The van der Waals surface area contributed by atoms with E-state index in [4.69, 9.17) is 9.15 Å². The number of anilines is 1. The molecule has 0 saturated carbocycles. The number of rotatable bonds is 5. The van der Waals surface area contributed by atoms with Gasteiger partial charge >= 0.3 is 0 Å². The Morgan fingerprint density at radius 2 is 2.26 bits per heavy atom. The molecule has 23 heavy (non-hydrogen) atoms. The first-order valence-electron chi connectivity index (χ1n) is 7.10. The Hall–Kier alpha value is -2.12. The Morgan fingerprint density at radius 3 is 3.00 bits per heavy atom. The van der Waals surface area contributed by atoms with Gasteiger partial charge in [0.1, 0.15) is 11.5 Å². The highest BCUT2D eigenvalue weighted by molar-refractivity contribution is 9.10. The van der Waals surface area contributed by atoms with E-state index in [2.05, 4.69) is 26.2 Å². The summed E-state index contributed by atoms with van der Waals surface area (Å²) in [6, 6.07) is 7.26. The number of halogens is 1. The van der Waals surface area contributed by atoms with Gasteiger partial charge < -0.3 is 19.0 Å². The van der Waals surface area contributed by atoms with E-state index >= 15 is 0 Å². The maximum atomic E-state index is 12.6. The topological polar surface area (TPSA) is 69.3 Å². The molecule has 0 spiro atoms. The number of aryl methyl sites for hydroxylation is 1. The molecule has 1 amide bonds. The normalized spacial score (nSPS) is 11.1. The van der Waals surface area contributed by atoms with Crippen molar-refractivity contribution < 1.29 is 13.9 Å². The van der Waals surface area contributed by atoms with Gasteiger partial charge in [-0.2, -0.15) is 0 Å². The molecule has 0 aliphatic carbocycles. The predicted molar refractivity (Wildman–Crippen MR) is 90.7 cm³/mol. The predicted octanol–water partition coefficient (Wildman–Crippen LogP) is 3.60. The van der Waals surface area contributed by atoms with E-state index in [1.807, 2.05) is 29.7 Å². The summed E-state index contributed by atoms with van der Waals surface area (Å²) in [5.74, 6) is 0.286. The molecule has 7 heteroatoms. The Bertz CT molecular complexity index is 853. The van der Waals surface area contributed by atoms with Gasteiger partial charge in [0.2, 0.25) is 0 Å². The van der Waals surface area contributed by atoms with Crippen molar-refractivity contribution >= 4 is 38.8 Å². The number of aromatic nitrogens is 2. The molecule has 0 saturated heterocycles. The number of amides is 1. The highest BCUT2D eigenvalue weighted by Crippen LogP contribution is 2.27. The summed E-state index contributed by atoms with van der Waals surface area (Å²) in [6.45, 7) is 2.99. The lowest BCUT2D eigenvalue weighted by molar-refractivity contribution is 0.101. The molecule has 0 unspecified atom stereocenters. The number of furan rings is 1. The van der Waals surface area contributed by atoms with Crippen molar-refractivity contribution in [2.24, 2.45) is 0 Å². The molecule has 0 fully saturated rings. The second-order valence-corrected chi connectivity index (χ2v) is 5.93. The van der Waals surface area contributed by atoms with Crippen molar-refractivity contribution in [2.75, 3.05) is 19.0 Å². The second-order valence-electron chi connectivity index (χ2n) is 5.15. The van der Waals surface area contributed by atoms with Crippen LogP contribution in [0.2, 0.25) is 0 Å². The number of hydrogen-bond acceptors (Lipinski definition) is 4. The average Bonchev–Trinajstić information content (AvgIpc) is 3.01. The number of nitrogens with zero attached hydrogens (tertiary/aromatic N) is 2. The molecule has 3 heterocycles. The minimum atomic E-state index is -0.235. The lowest BCUT2D eigenvalue weighted by Gasteiger charge is -2.10. The van der Waals surface area contributed by atoms with Gasteiger partial charge in [0, 0.05) is 32.0 Å². The van der Waals surface area contributed by atoms with Crippen molar-refractivity contribution in [2.45, 2.75) is 13.5 Å². The quantitative estimate of drug-likeness (QED) is 0.737. The maximum absolute atomic E-state index is 12.6. The lowest BCUT2D eigenvalue weighted by atomic mass is 10.3. The van der Waals surface area contributed by atoms with Gasteiger partial charge in [-0.1, -0.05) is 0 Å². The molecular weight excluding hydrogens is 362 g/mol. The van der Waals surface area contributed by atoms with Gasteiger partial charge in [0.25, 0.3) is 5.91 Å². The van der Waals surface area contributed by atoms with Crippen LogP contribution in [-0.2, 0) is 11.3 Å². The summed E-state index contributed by atoms with van der Waals surface area (Å²) in [5, 5.41) is 2.82. The number of nitrogens with one attached hydrogen (secondary N) is 1. The van der Waals surface area contributed by atoms with E-state index in [9.17, 15) is 4.79 Å². The molecule has 0 aliphatic heterocycles. The van der Waals surface area contributed by atoms with E-state index in [-0.39, 0.29) is 5.91 Å². The largest absolute Gasteiger partial charge is 0.448 e. The first-order valence-corrected chi connectivity index (χ1v) is 7.89. The van der Waals surface area contributed by atoms with Gasteiger partial charge in [-0.05, 0) is 40.5 Å². The van der Waals surface area contributed by atoms with Crippen LogP contribution in [0, 0.1) is 6.92 Å². The number of carbonyl (C=O) groups excluding carboxylic acids is 1. The molecule has 1 N–H and O–H groups in total. The Balaban J connectivity index is 1.94. The number of ether oxygens (including phenoxy) is 1. The summed E-state index contributed by atoms with van der Waals surface area (Å²) in [5.41, 5.74) is 3.03. The first-order chi connectivity index (χ1) is 11.1. The first kappa shape index (κ1) is 15.8. The van der Waals surface area contributed by atoms with Gasteiger partial charge in [-0.3, -0.25) is 4.79 Å². The zero-order valence-corrected chi connectivity index (χ0v) is 14.4. The molecule has 0 atom stereocenters. The average molecular weight is 378 g/mol. The van der Waals surface area contributed by atoms with Gasteiger partial charge in [0.15, 0.2) is 10.3 Å². The van der Waals surface area contributed by atoms with Gasteiger partial charge in [0.05, 0.1) is 12.1 Å². The zero-order chi connectivity index (χ0) is 16.4. The zero-order valence-electron chi connectivity index (χ0n) is 12.8. The fourth-order valence-electron chi connectivity index (χ4n) is 2.41. The highest BCUT2D eigenvalue weighted by atomic mass is 79.9. The van der Waals surface area contributed by atoms with Crippen molar-refractivity contribution in [1.29, 1.82) is 0 Å². The SMILES string of the molecule is COCCn1c(C(=O)Nc2cc(C)ccn2)cc2oc(Br)cc21. The Labute approximate surface area is 141 Å². The minimum Gasteiger partial charge on any atom is -0.448 e. The molecule has 6 nitrogen and oxygen atoms in total. The molecule has 0 aromatic carbocycles. The summed E-state index contributed by atoms with van der Waals surface area (Å²) < 4.78 is 13.2. The van der Waals surface area contributed by atoms with Crippen LogP contribution in [0.1, 0.15) is 16.1 Å². The third kappa shape index (κ3) is 3.30. The molecule has 120 valence electrons. The molecule has 0 bridgehead atoms. The van der Waals surface area contributed by atoms with Crippen LogP contribution >= 0.6 is 15.9 Å². The van der Waals surface area contributed by atoms with E-state index in [0.29, 0.717) is 34.9 Å². The third-order valence-electron chi connectivity index (χ3n) is 3.47. The molecule has 3 aromatic heterocycles. The number of methoxy groups -OCH3 is 1. The number of fused-ring (bicyclic) bond motifs is 1. The summed E-state index contributed by atoms with van der Waals surface area (Å²) >= 11 is 3.31. The number of carbonyl (C=O) groups is 1. The molecule has 3 aromatic rings. The maximum Gasteiger partial charge on any atom is 0.273 e. The summed E-state index contributed by atoms with van der Waals surface area (Å²) in [7, 11) is 1.63. The van der Waals surface area contributed by atoms with Crippen molar-refractivity contribution in [3.8, 4) is 0 Å². The summed E-state index contributed by atoms with van der Waals surface area (Å²) in [6.07, 6.45) is 1.66. The van der Waals surface area contributed by atoms with Crippen LogP contribution in [0.25, 0.3) is 11.1 Å². The van der Waals surface area contributed by atoms with E-state index in [0.717, 1.165) is 11.1 Å². The second kappa shape index (κ2) is 6.55. The minimum absolute atomic E-state index is 0.235. The highest BCUT2D eigenvalue weighted by Gasteiger charge is 2.19. The molecule has 3 rings (SSSR count). The lowest BCUT2D eigenvalue weighted by Crippen LogP contribution is -2.19. The molecular formula is C16H16BrN3O3. The van der Waals surface area contributed by atoms with E-state index in [1.54, 1.807) is 19.4 Å². The monoisotopic (exact) mass is 377 g/mol. The Kier molecular flexibility index (Phi) is 4.49. The van der Waals surface area contributed by atoms with Crippen LogP contribution in [0.15, 0.2) is 39.5 Å². The summed E-state index contributed by atoms with van der Waals surface area (Å²) in [4.78, 5) is 16.8.